The molecule has 3 unspecified atom stereocenters. The van der Waals surface area contributed by atoms with E-state index >= 15 is 0 Å². The lowest BCUT2D eigenvalue weighted by molar-refractivity contribution is 0.00684. The fourth-order valence-corrected chi connectivity index (χ4v) is 6.52. The molecule has 1 fully saturated rings. The van der Waals surface area contributed by atoms with E-state index in [4.69, 9.17) is 20.8 Å². The molecule has 0 bridgehead atoms. The van der Waals surface area contributed by atoms with Gasteiger partial charge in [-0.05, 0) is 83.2 Å². The summed E-state index contributed by atoms with van der Waals surface area (Å²) < 4.78 is 30.1. The van der Waals surface area contributed by atoms with Gasteiger partial charge in [0.25, 0.3) is 5.91 Å². The lowest BCUT2D eigenvalue weighted by atomic mass is 9.77. The summed E-state index contributed by atoms with van der Waals surface area (Å²) in [6.45, 7) is 14.5. The van der Waals surface area contributed by atoms with Gasteiger partial charge in [0.1, 0.15) is 29.4 Å². The third-order valence-electron chi connectivity index (χ3n) is 9.00. The molecule has 0 spiro atoms. The van der Waals surface area contributed by atoms with Crippen LogP contribution < -0.4 is 0 Å². The van der Waals surface area contributed by atoms with Crippen LogP contribution in [0.2, 0.25) is 5.02 Å². The zero-order valence-electron chi connectivity index (χ0n) is 27.6. The van der Waals surface area contributed by atoms with Crippen LogP contribution >= 0.6 is 11.6 Å². The number of aryl methyl sites for hydroxylation is 1. The monoisotopic (exact) mass is 651 g/mol. The molecule has 5 rings (SSSR count). The third-order valence-corrected chi connectivity index (χ3v) is 9.36. The van der Waals surface area contributed by atoms with Gasteiger partial charge >= 0.3 is 5.97 Å². The standard InChI is InChI=1S/C35H43ClFN5O4/c1-21-10-8-13-31(23(21)3)42(20-28-29(36)11-9-12-30(28)37)33(43)32-15-14-26(45-32)19-40-17-25(38-39-40)18-41-22(2)16-27(24(41)4)34(44)46-35(5,6)7/h9,11-12,14-17,21,23,31H,8,10,13,18-20H2,1-7H3. The van der Waals surface area contributed by atoms with E-state index in [2.05, 4.69) is 24.2 Å². The molecule has 3 atom stereocenters. The van der Waals surface area contributed by atoms with Crippen LogP contribution in [0.3, 0.4) is 0 Å². The van der Waals surface area contributed by atoms with Crippen LogP contribution in [0.5, 0.6) is 0 Å². The number of hydrogen-bond acceptors (Lipinski definition) is 6. The molecular formula is C35H43ClFN5O4. The Hall–Kier alpha value is -3.92. The smallest absolute Gasteiger partial charge is 0.340 e. The molecule has 9 nitrogen and oxygen atoms in total. The van der Waals surface area contributed by atoms with E-state index in [1.165, 1.54) is 6.07 Å². The Bertz CT molecular complexity index is 1700. The Morgan fingerprint density at radius 2 is 1.89 bits per heavy atom. The van der Waals surface area contributed by atoms with E-state index in [1.807, 2.05) is 51.4 Å². The molecule has 3 aromatic heterocycles. The van der Waals surface area contributed by atoms with Crippen LogP contribution in [-0.4, -0.2) is 48.0 Å². The number of rotatable bonds is 9. The number of amides is 1. The highest BCUT2D eigenvalue weighted by Gasteiger charge is 2.36. The number of nitrogens with zero attached hydrogens (tertiary/aromatic N) is 5. The zero-order chi connectivity index (χ0) is 33.3. The van der Waals surface area contributed by atoms with Crippen LogP contribution in [0.1, 0.15) is 103 Å². The Labute approximate surface area is 274 Å². The normalized spacial score (nSPS) is 18.5. The Morgan fingerprint density at radius 3 is 2.61 bits per heavy atom. The topological polar surface area (TPSA) is 95.4 Å². The summed E-state index contributed by atoms with van der Waals surface area (Å²) in [6, 6.07) is 9.74. The minimum absolute atomic E-state index is 0.0579. The lowest BCUT2D eigenvalue weighted by Gasteiger charge is -2.41. The molecule has 0 N–H and O–H groups in total. The maximum atomic E-state index is 14.9. The average molecular weight is 652 g/mol. The summed E-state index contributed by atoms with van der Waals surface area (Å²) in [4.78, 5) is 28.4. The molecule has 1 saturated carbocycles. The Morgan fingerprint density at radius 1 is 1.13 bits per heavy atom. The number of carbonyl (C=O) groups is 2. The first kappa shape index (κ1) is 33.4. The summed E-state index contributed by atoms with van der Waals surface area (Å²) in [5, 5.41) is 8.88. The molecule has 246 valence electrons. The highest BCUT2D eigenvalue weighted by Crippen LogP contribution is 2.35. The van der Waals surface area contributed by atoms with Gasteiger partial charge in [-0.25, -0.2) is 13.9 Å². The first-order chi connectivity index (χ1) is 21.7. The number of benzene rings is 1. The first-order valence-electron chi connectivity index (χ1n) is 15.8. The number of ether oxygens (including phenoxy) is 1. The maximum Gasteiger partial charge on any atom is 0.340 e. The molecule has 0 aliphatic heterocycles. The van der Waals surface area contributed by atoms with Crippen LogP contribution in [0.4, 0.5) is 4.39 Å². The molecule has 0 radical (unpaired) electrons. The minimum Gasteiger partial charge on any atom is -0.456 e. The van der Waals surface area contributed by atoms with Gasteiger partial charge in [-0.3, -0.25) is 4.79 Å². The van der Waals surface area contributed by atoms with Gasteiger partial charge < -0.3 is 18.6 Å². The molecule has 46 heavy (non-hydrogen) atoms. The van der Waals surface area contributed by atoms with Crippen molar-refractivity contribution >= 4 is 23.5 Å². The minimum atomic E-state index is -0.586. The van der Waals surface area contributed by atoms with Crippen molar-refractivity contribution in [1.29, 1.82) is 0 Å². The lowest BCUT2D eigenvalue weighted by Crippen LogP contribution is -2.47. The van der Waals surface area contributed by atoms with Crippen molar-refractivity contribution in [2.24, 2.45) is 11.8 Å². The first-order valence-corrected chi connectivity index (χ1v) is 16.2. The molecule has 1 amide bonds. The van der Waals surface area contributed by atoms with Crippen LogP contribution in [-0.2, 0) is 24.4 Å². The molecular weight excluding hydrogens is 609 g/mol. The number of aromatic nitrogens is 4. The van der Waals surface area contributed by atoms with Gasteiger partial charge in [0.2, 0.25) is 0 Å². The van der Waals surface area contributed by atoms with Crippen molar-refractivity contribution in [2.75, 3.05) is 0 Å². The molecule has 3 heterocycles. The van der Waals surface area contributed by atoms with Crippen molar-refractivity contribution in [3.63, 3.8) is 0 Å². The largest absolute Gasteiger partial charge is 0.456 e. The van der Waals surface area contributed by atoms with E-state index in [9.17, 15) is 14.0 Å². The molecule has 11 heteroatoms. The SMILES string of the molecule is Cc1cc(C(=O)OC(C)(C)C)c(C)n1Cc1cn(Cc2ccc(C(=O)N(Cc3c(F)cccc3Cl)C3CCCC(C)C3C)o2)nn1. The summed E-state index contributed by atoms with van der Waals surface area (Å²) in [7, 11) is 0. The second-order valence-electron chi connectivity index (χ2n) is 13.5. The highest BCUT2D eigenvalue weighted by atomic mass is 35.5. The summed E-state index contributed by atoms with van der Waals surface area (Å²) >= 11 is 6.39. The predicted octanol–water partition coefficient (Wildman–Crippen LogP) is 7.60. The maximum absolute atomic E-state index is 14.9. The molecule has 0 saturated heterocycles. The van der Waals surface area contributed by atoms with E-state index < -0.39 is 11.4 Å². The summed E-state index contributed by atoms with van der Waals surface area (Å²) in [6.07, 6.45) is 4.73. The quantitative estimate of drug-likeness (QED) is 0.173. The van der Waals surface area contributed by atoms with Crippen molar-refractivity contribution in [3.05, 3.63) is 93.2 Å². The van der Waals surface area contributed by atoms with E-state index in [0.717, 1.165) is 30.7 Å². The van der Waals surface area contributed by atoms with Gasteiger partial charge in [-0.2, -0.15) is 0 Å². The van der Waals surface area contributed by atoms with Crippen molar-refractivity contribution in [2.45, 2.75) is 99.0 Å². The summed E-state index contributed by atoms with van der Waals surface area (Å²) in [5.74, 6) is 0.295. The highest BCUT2D eigenvalue weighted by molar-refractivity contribution is 6.31. The van der Waals surface area contributed by atoms with Gasteiger partial charge in [0.15, 0.2) is 5.76 Å². The average Bonchev–Trinajstić information content (AvgIpc) is 3.70. The van der Waals surface area contributed by atoms with Crippen LogP contribution in [0.15, 0.2) is 47.0 Å². The molecule has 1 aliphatic rings. The van der Waals surface area contributed by atoms with Gasteiger partial charge in [0.05, 0.1) is 24.8 Å². The Balaban J connectivity index is 1.31. The van der Waals surface area contributed by atoms with Crippen LogP contribution in [0, 0.1) is 31.5 Å². The van der Waals surface area contributed by atoms with E-state index in [-0.39, 0.29) is 42.7 Å². The predicted molar refractivity (Wildman–Crippen MR) is 173 cm³/mol. The second-order valence-corrected chi connectivity index (χ2v) is 13.9. The van der Waals surface area contributed by atoms with E-state index in [0.29, 0.717) is 40.1 Å². The van der Waals surface area contributed by atoms with Crippen LogP contribution in [0.25, 0.3) is 0 Å². The molecule has 4 aromatic rings. The third kappa shape index (κ3) is 7.38. The zero-order valence-corrected chi connectivity index (χ0v) is 28.4. The van der Waals surface area contributed by atoms with Gasteiger partial charge in [-0.1, -0.05) is 49.6 Å². The summed E-state index contributed by atoms with van der Waals surface area (Å²) in [5.41, 5.74) is 2.64. The molecule has 1 aliphatic carbocycles. The van der Waals surface area contributed by atoms with Crippen molar-refractivity contribution in [1.82, 2.24) is 24.5 Å². The fraction of sp³-hybridized carbons (Fsp3) is 0.486. The Kier molecular flexibility index (Phi) is 9.77. The number of esters is 1. The molecule has 1 aromatic carbocycles. The van der Waals surface area contributed by atoms with E-state index in [1.54, 1.807) is 33.8 Å². The fourth-order valence-electron chi connectivity index (χ4n) is 6.30. The van der Waals surface area contributed by atoms with Gasteiger partial charge in [-0.15, -0.1) is 5.10 Å². The number of halogens is 2. The van der Waals surface area contributed by atoms with Gasteiger partial charge in [0, 0.05) is 28.0 Å². The second kappa shape index (κ2) is 13.4. The number of hydrogen-bond donors (Lipinski definition) is 0. The van der Waals surface area contributed by atoms with Crippen molar-refractivity contribution in [3.8, 4) is 0 Å². The van der Waals surface area contributed by atoms with Crippen molar-refractivity contribution < 1.29 is 23.1 Å². The number of carbonyl (C=O) groups excluding carboxylic acids is 2. The number of furan rings is 1.